The van der Waals surface area contributed by atoms with Gasteiger partial charge in [-0.15, -0.1) is 0 Å². The highest BCUT2D eigenvalue weighted by atomic mass is 19.4. The number of halogens is 6. The van der Waals surface area contributed by atoms with Gasteiger partial charge in [0.05, 0.1) is 28.4 Å². The highest BCUT2D eigenvalue weighted by Crippen LogP contribution is 2.36. The van der Waals surface area contributed by atoms with E-state index in [9.17, 15) is 35.9 Å². The second kappa shape index (κ2) is 9.49. The summed E-state index contributed by atoms with van der Waals surface area (Å²) in [6.07, 6.45) is -7.31. The van der Waals surface area contributed by atoms with Crippen LogP contribution in [0, 0.1) is 0 Å². The minimum Gasteiger partial charge on any atom is -0.339 e. The molecule has 2 N–H and O–H groups in total. The van der Waals surface area contributed by atoms with E-state index in [1.54, 1.807) is 0 Å². The number of rotatable bonds is 5. The maximum Gasteiger partial charge on any atom is 0.418 e. The van der Waals surface area contributed by atoms with Gasteiger partial charge in [-0.1, -0.05) is 12.1 Å². The zero-order valence-corrected chi connectivity index (χ0v) is 17.3. The number of alkyl halides is 6. The van der Waals surface area contributed by atoms with E-state index >= 15 is 0 Å². The molecular weight excluding hydrogens is 466 g/mol. The lowest BCUT2D eigenvalue weighted by Crippen LogP contribution is -2.32. The van der Waals surface area contributed by atoms with Crippen LogP contribution in [0.2, 0.25) is 0 Å². The average Bonchev–Trinajstić information content (AvgIpc) is 2.76. The maximum atomic E-state index is 13.6. The summed E-state index contributed by atoms with van der Waals surface area (Å²) in [6, 6.07) is 6.23. The van der Waals surface area contributed by atoms with Crippen LogP contribution >= 0.6 is 0 Å². The first-order valence-corrected chi connectivity index (χ1v) is 9.60. The summed E-state index contributed by atoms with van der Waals surface area (Å²) in [5.74, 6) is -1.11. The number of carbonyl (C=O) groups excluding carboxylic acids is 2. The fourth-order valence-electron chi connectivity index (χ4n) is 3.06. The smallest absolute Gasteiger partial charge is 0.339 e. The average molecular weight is 482 g/mol. The number of aromatic nitrogens is 2. The minimum absolute atomic E-state index is 0.0478. The van der Waals surface area contributed by atoms with Gasteiger partial charge in [0.1, 0.15) is 5.82 Å². The molecular formula is C22H16F6N4O2. The molecule has 2 amide bonds. The molecule has 3 rings (SSSR count). The summed E-state index contributed by atoms with van der Waals surface area (Å²) in [5.41, 5.74) is -2.86. The minimum atomic E-state index is -4.83. The fourth-order valence-corrected chi connectivity index (χ4v) is 3.06. The Hall–Kier alpha value is -3.96. The first-order valence-electron chi connectivity index (χ1n) is 9.60. The number of hydrogen-bond acceptors (Lipinski definition) is 4. The Kier molecular flexibility index (Phi) is 6.89. The van der Waals surface area contributed by atoms with Crippen molar-refractivity contribution in [1.29, 1.82) is 0 Å². The zero-order chi connectivity index (χ0) is 25.1. The number of benzene rings is 1. The van der Waals surface area contributed by atoms with Crippen LogP contribution in [0.5, 0.6) is 0 Å². The molecule has 0 aliphatic carbocycles. The van der Waals surface area contributed by atoms with Crippen molar-refractivity contribution >= 4 is 17.6 Å². The van der Waals surface area contributed by atoms with Gasteiger partial charge in [0.2, 0.25) is 5.91 Å². The third-order valence-electron chi connectivity index (χ3n) is 4.59. The molecule has 2 aromatic heterocycles. The molecule has 0 spiro atoms. The zero-order valence-electron chi connectivity index (χ0n) is 17.3. The van der Waals surface area contributed by atoms with Gasteiger partial charge in [-0.25, -0.2) is 4.98 Å². The van der Waals surface area contributed by atoms with Crippen molar-refractivity contribution in [3.63, 3.8) is 0 Å². The van der Waals surface area contributed by atoms with Gasteiger partial charge in [0, 0.05) is 19.3 Å². The van der Waals surface area contributed by atoms with Crippen LogP contribution in [-0.4, -0.2) is 21.8 Å². The summed E-state index contributed by atoms with van der Waals surface area (Å²) >= 11 is 0. The lowest BCUT2D eigenvalue weighted by atomic mass is 9.97. The molecule has 0 radical (unpaired) electrons. The number of anilines is 1. The van der Waals surface area contributed by atoms with Crippen LogP contribution in [0.1, 0.15) is 45.7 Å². The maximum absolute atomic E-state index is 13.6. The summed E-state index contributed by atoms with van der Waals surface area (Å²) in [7, 11) is 0. The van der Waals surface area contributed by atoms with Crippen LogP contribution in [0.25, 0.3) is 0 Å². The number of pyridine rings is 2. The molecule has 0 aliphatic rings. The Bertz CT molecular complexity index is 1180. The molecule has 0 fully saturated rings. The molecule has 12 heteroatoms. The molecule has 178 valence electrons. The fraction of sp³-hybridized carbons (Fsp3) is 0.182. The van der Waals surface area contributed by atoms with Crippen molar-refractivity contribution in [2.45, 2.75) is 25.3 Å². The topological polar surface area (TPSA) is 84.0 Å². The van der Waals surface area contributed by atoms with E-state index in [-0.39, 0.29) is 16.9 Å². The van der Waals surface area contributed by atoms with Gasteiger partial charge in [0.25, 0.3) is 5.91 Å². The first-order chi connectivity index (χ1) is 15.9. The lowest BCUT2D eigenvalue weighted by molar-refractivity contribution is -0.139. The number of carbonyl (C=O) groups is 2. The van der Waals surface area contributed by atoms with Gasteiger partial charge in [-0.3, -0.25) is 14.6 Å². The van der Waals surface area contributed by atoms with Crippen molar-refractivity contribution in [3.8, 4) is 0 Å². The Morgan fingerprint density at radius 1 is 0.882 bits per heavy atom. The van der Waals surface area contributed by atoms with Crippen LogP contribution in [0.15, 0.2) is 60.9 Å². The van der Waals surface area contributed by atoms with E-state index < -0.39 is 47.0 Å². The largest absolute Gasteiger partial charge is 0.418 e. The molecule has 0 aliphatic heterocycles. The van der Waals surface area contributed by atoms with E-state index in [4.69, 9.17) is 0 Å². The third kappa shape index (κ3) is 5.88. The molecule has 0 unspecified atom stereocenters. The molecule has 1 atom stereocenters. The molecule has 6 nitrogen and oxygen atoms in total. The van der Waals surface area contributed by atoms with Crippen LogP contribution < -0.4 is 10.6 Å². The van der Waals surface area contributed by atoms with Crippen LogP contribution in [0.3, 0.4) is 0 Å². The SMILES string of the molecule is CC(=O)Nc1ccc(C(=O)N[C@@H](c2ccc(C(F)(F)F)cc2)c2ncccc2C(F)(F)F)cn1. The number of nitrogens with zero attached hydrogens (tertiary/aromatic N) is 2. The van der Waals surface area contributed by atoms with Crippen LogP contribution in [-0.2, 0) is 17.1 Å². The van der Waals surface area contributed by atoms with E-state index in [2.05, 4.69) is 20.6 Å². The van der Waals surface area contributed by atoms with Crippen molar-refractivity contribution in [2.24, 2.45) is 0 Å². The van der Waals surface area contributed by atoms with Crippen molar-refractivity contribution in [2.75, 3.05) is 5.32 Å². The molecule has 34 heavy (non-hydrogen) atoms. The summed E-state index contributed by atoms with van der Waals surface area (Å²) in [4.78, 5) is 31.5. The predicted molar refractivity (Wildman–Crippen MR) is 109 cm³/mol. The standard InChI is InChI=1S/C22H16F6N4O2/c1-12(33)31-17-9-6-14(11-30-17)20(34)32-18(13-4-7-15(8-5-13)21(23,24)25)19-16(22(26,27)28)3-2-10-29-19/h2-11,18H,1H3,(H,32,34)(H,30,31,33)/t18-/m0/s1. The van der Waals surface area contributed by atoms with Gasteiger partial charge >= 0.3 is 12.4 Å². The van der Waals surface area contributed by atoms with Gasteiger partial charge < -0.3 is 10.6 Å². The number of nitrogens with one attached hydrogen (secondary N) is 2. The second-order valence-electron chi connectivity index (χ2n) is 7.07. The molecule has 2 heterocycles. The Labute approximate surface area is 189 Å². The predicted octanol–water partition coefficient (Wildman–Crippen LogP) is 4.99. The molecule has 0 bridgehead atoms. The Morgan fingerprint density at radius 3 is 2.09 bits per heavy atom. The van der Waals surface area contributed by atoms with Gasteiger partial charge in [-0.2, -0.15) is 26.3 Å². The molecule has 0 saturated heterocycles. The quantitative estimate of drug-likeness (QED) is 0.502. The Morgan fingerprint density at radius 2 is 1.56 bits per heavy atom. The van der Waals surface area contributed by atoms with E-state index in [1.807, 2.05) is 0 Å². The van der Waals surface area contributed by atoms with Crippen molar-refractivity contribution in [1.82, 2.24) is 15.3 Å². The lowest BCUT2D eigenvalue weighted by Gasteiger charge is -2.23. The number of hydrogen-bond donors (Lipinski definition) is 2. The third-order valence-corrected chi connectivity index (χ3v) is 4.59. The van der Waals surface area contributed by atoms with E-state index in [0.29, 0.717) is 12.1 Å². The normalized spacial score (nSPS) is 12.7. The monoisotopic (exact) mass is 482 g/mol. The second-order valence-corrected chi connectivity index (χ2v) is 7.07. The summed E-state index contributed by atoms with van der Waals surface area (Å²) < 4.78 is 79.7. The van der Waals surface area contributed by atoms with Gasteiger partial charge in [-0.05, 0) is 42.0 Å². The van der Waals surface area contributed by atoms with Crippen molar-refractivity contribution < 1.29 is 35.9 Å². The highest BCUT2D eigenvalue weighted by molar-refractivity contribution is 5.95. The first kappa shape index (κ1) is 24.7. The van der Waals surface area contributed by atoms with Crippen molar-refractivity contribution in [3.05, 3.63) is 88.9 Å². The van der Waals surface area contributed by atoms with Crippen LogP contribution in [0.4, 0.5) is 32.2 Å². The number of amides is 2. The highest BCUT2D eigenvalue weighted by Gasteiger charge is 2.37. The van der Waals surface area contributed by atoms with E-state index in [1.165, 1.54) is 19.1 Å². The summed E-state index contributed by atoms with van der Waals surface area (Å²) in [6.45, 7) is 1.25. The Balaban J connectivity index is 2.01. The molecule has 1 aromatic carbocycles. The van der Waals surface area contributed by atoms with E-state index in [0.717, 1.165) is 36.7 Å². The summed E-state index contributed by atoms with van der Waals surface area (Å²) in [5, 5.41) is 4.78. The van der Waals surface area contributed by atoms with Gasteiger partial charge in [0.15, 0.2) is 0 Å². The molecule has 3 aromatic rings. The molecule has 0 saturated carbocycles.